The Morgan fingerprint density at radius 3 is 1.75 bits per heavy atom. The fourth-order valence-corrected chi connectivity index (χ4v) is 2.75. The molecule has 1 atom stereocenters. The van der Waals surface area contributed by atoms with Crippen LogP contribution in [0.15, 0.2) is 0 Å². The van der Waals surface area contributed by atoms with Crippen LogP contribution >= 0.6 is 0 Å². The number of nitrogens with one attached hydrogen (secondary N) is 1. The first kappa shape index (κ1) is 16.0. The molecule has 0 aliphatic rings. The van der Waals surface area contributed by atoms with Gasteiger partial charge in [0, 0.05) is 12.1 Å². The molecule has 0 saturated carbocycles. The van der Waals surface area contributed by atoms with E-state index in [0.29, 0.717) is 5.41 Å². The molecule has 1 N–H and O–H groups in total. The summed E-state index contributed by atoms with van der Waals surface area (Å²) < 4.78 is 0. The highest BCUT2D eigenvalue weighted by molar-refractivity contribution is 4.85. The van der Waals surface area contributed by atoms with Gasteiger partial charge in [-0.1, -0.05) is 47.0 Å². The minimum absolute atomic E-state index is 0.237. The van der Waals surface area contributed by atoms with Crippen molar-refractivity contribution in [2.75, 3.05) is 6.54 Å². The van der Waals surface area contributed by atoms with E-state index in [1.165, 1.54) is 25.7 Å². The summed E-state index contributed by atoms with van der Waals surface area (Å²) in [6, 6.07) is 0. The van der Waals surface area contributed by atoms with E-state index in [1.807, 2.05) is 0 Å². The van der Waals surface area contributed by atoms with Crippen LogP contribution in [0.1, 0.15) is 74.1 Å². The minimum atomic E-state index is 0.237. The lowest BCUT2D eigenvalue weighted by atomic mass is 9.71. The van der Waals surface area contributed by atoms with Crippen molar-refractivity contribution in [1.29, 1.82) is 0 Å². The molecule has 0 aromatic heterocycles. The second-order valence-electron chi connectivity index (χ2n) is 6.52. The predicted molar refractivity (Wildman–Crippen MR) is 74.8 cm³/mol. The highest BCUT2D eigenvalue weighted by Crippen LogP contribution is 2.36. The third-order valence-electron chi connectivity index (χ3n) is 3.81. The van der Waals surface area contributed by atoms with Gasteiger partial charge in [-0.3, -0.25) is 0 Å². The van der Waals surface area contributed by atoms with Crippen LogP contribution in [0, 0.1) is 11.3 Å². The van der Waals surface area contributed by atoms with Gasteiger partial charge in [0.25, 0.3) is 0 Å². The molecular formula is C15H33N. The van der Waals surface area contributed by atoms with Gasteiger partial charge in [0.15, 0.2) is 0 Å². The topological polar surface area (TPSA) is 12.0 Å². The normalized spacial score (nSPS) is 16.5. The van der Waals surface area contributed by atoms with Crippen LogP contribution in [-0.2, 0) is 0 Å². The molecule has 1 unspecified atom stereocenters. The van der Waals surface area contributed by atoms with Gasteiger partial charge in [0.1, 0.15) is 0 Å². The Morgan fingerprint density at radius 1 is 0.938 bits per heavy atom. The second kappa shape index (κ2) is 6.64. The highest BCUT2D eigenvalue weighted by atomic mass is 15.0. The van der Waals surface area contributed by atoms with E-state index in [9.17, 15) is 0 Å². The van der Waals surface area contributed by atoms with Crippen molar-refractivity contribution < 1.29 is 0 Å². The minimum Gasteiger partial charge on any atom is -0.312 e. The van der Waals surface area contributed by atoms with E-state index < -0.39 is 0 Å². The van der Waals surface area contributed by atoms with Gasteiger partial charge in [-0.05, 0) is 38.5 Å². The molecule has 0 rings (SSSR count). The molecule has 0 heterocycles. The van der Waals surface area contributed by atoms with Crippen molar-refractivity contribution in [1.82, 2.24) is 5.32 Å². The van der Waals surface area contributed by atoms with Crippen LogP contribution in [-0.4, -0.2) is 12.1 Å². The molecule has 0 saturated heterocycles. The molecule has 1 heteroatoms. The molecule has 0 aromatic rings. The van der Waals surface area contributed by atoms with Crippen LogP contribution in [0.3, 0.4) is 0 Å². The fraction of sp³-hybridized carbons (Fsp3) is 1.00. The monoisotopic (exact) mass is 227 g/mol. The number of hydrogen-bond donors (Lipinski definition) is 1. The van der Waals surface area contributed by atoms with Gasteiger partial charge >= 0.3 is 0 Å². The molecular weight excluding hydrogens is 194 g/mol. The third-order valence-corrected chi connectivity index (χ3v) is 3.81. The Kier molecular flexibility index (Phi) is 6.62. The van der Waals surface area contributed by atoms with Crippen LogP contribution in [0.4, 0.5) is 0 Å². The molecule has 0 aliphatic heterocycles. The van der Waals surface area contributed by atoms with Gasteiger partial charge < -0.3 is 5.32 Å². The molecule has 1 nitrogen and oxygen atoms in total. The quantitative estimate of drug-likeness (QED) is 0.669. The van der Waals surface area contributed by atoms with Gasteiger partial charge in [-0.25, -0.2) is 0 Å². The lowest BCUT2D eigenvalue weighted by Gasteiger charge is -2.39. The molecule has 0 aromatic carbocycles. The van der Waals surface area contributed by atoms with Crippen LogP contribution in [0.2, 0.25) is 0 Å². The average molecular weight is 227 g/mol. The maximum atomic E-state index is 3.70. The second-order valence-corrected chi connectivity index (χ2v) is 6.52. The first-order chi connectivity index (χ1) is 7.29. The Balaban J connectivity index is 4.54. The summed E-state index contributed by atoms with van der Waals surface area (Å²) in [5.74, 6) is 0.849. The summed E-state index contributed by atoms with van der Waals surface area (Å²) >= 11 is 0. The summed E-state index contributed by atoms with van der Waals surface area (Å²) in [5, 5.41) is 3.70. The molecule has 0 amide bonds. The fourth-order valence-electron chi connectivity index (χ4n) is 2.75. The highest BCUT2D eigenvalue weighted by Gasteiger charge is 2.31. The lowest BCUT2D eigenvalue weighted by Crippen LogP contribution is -2.45. The molecule has 0 radical (unpaired) electrons. The SMILES string of the molecule is CCCC(C)(CNC(C)(C)C)C(CC)CC. The average Bonchev–Trinajstić information content (AvgIpc) is 2.16. The van der Waals surface area contributed by atoms with Gasteiger partial charge in [-0.15, -0.1) is 0 Å². The summed E-state index contributed by atoms with van der Waals surface area (Å²) in [4.78, 5) is 0. The summed E-state index contributed by atoms with van der Waals surface area (Å²) in [6.45, 7) is 17.4. The summed E-state index contributed by atoms with van der Waals surface area (Å²) in [7, 11) is 0. The van der Waals surface area contributed by atoms with Crippen molar-refractivity contribution in [3.8, 4) is 0 Å². The van der Waals surface area contributed by atoms with E-state index in [0.717, 1.165) is 12.5 Å². The van der Waals surface area contributed by atoms with Crippen molar-refractivity contribution >= 4 is 0 Å². The maximum Gasteiger partial charge on any atom is 0.00967 e. The molecule has 0 aliphatic carbocycles. The standard InChI is InChI=1S/C15H33N/c1-8-11-15(7,13(9-2)10-3)12-16-14(4,5)6/h13,16H,8-12H2,1-7H3. The van der Waals surface area contributed by atoms with E-state index in [1.54, 1.807) is 0 Å². The van der Waals surface area contributed by atoms with Crippen molar-refractivity contribution in [3.05, 3.63) is 0 Å². The first-order valence-electron chi connectivity index (χ1n) is 7.04. The maximum absolute atomic E-state index is 3.70. The Labute approximate surface area is 103 Å². The van der Waals surface area contributed by atoms with E-state index in [-0.39, 0.29) is 5.54 Å². The Hall–Kier alpha value is -0.0400. The number of rotatable bonds is 7. The zero-order valence-corrected chi connectivity index (χ0v) is 12.6. The van der Waals surface area contributed by atoms with E-state index in [4.69, 9.17) is 0 Å². The largest absolute Gasteiger partial charge is 0.312 e. The number of hydrogen-bond acceptors (Lipinski definition) is 1. The zero-order chi connectivity index (χ0) is 12.8. The van der Waals surface area contributed by atoms with E-state index in [2.05, 4.69) is 53.8 Å². The third kappa shape index (κ3) is 5.34. The zero-order valence-electron chi connectivity index (χ0n) is 12.6. The van der Waals surface area contributed by atoms with Crippen LogP contribution < -0.4 is 5.32 Å². The van der Waals surface area contributed by atoms with Crippen LogP contribution in [0.25, 0.3) is 0 Å². The van der Waals surface area contributed by atoms with Crippen molar-refractivity contribution in [2.24, 2.45) is 11.3 Å². The Morgan fingerprint density at radius 2 is 1.44 bits per heavy atom. The lowest BCUT2D eigenvalue weighted by molar-refractivity contribution is 0.138. The van der Waals surface area contributed by atoms with E-state index >= 15 is 0 Å². The smallest absolute Gasteiger partial charge is 0.00967 e. The van der Waals surface area contributed by atoms with Gasteiger partial charge in [0.05, 0.1) is 0 Å². The Bertz CT molecular complexity index is 176. The van der Waals surface area contributed by atoms with Crippen molar-refractivity contribution in [3.63, 3.8) is 0 Å². The van der Waals surface area contributed by atoms with Crippen LogP contribution in [0.5, 0.6) is 0 Å². The predicted octanol–water partition coefficient (Wildman–Crippen LogP) is 4.62. The molecule has 0 bridgehead atoms. The first-order valence-corrected chi connectivity index (χ1v) is 7.04. The van der Waals surface area contributed by atoms with Gasteiger partial charge in [-0.2, -0.15) is 0 Å². The molecule has 0 fully saturated rings. The van der Waals surface area contributed by atoms with Gasteiger partial charge in [0.2, 0.25) is 0 Å². The molecule has 0 spiro atoms. The molecule has 98 valence electrons. The molecule has 16 heavy (non-hydrogen) atoms. The van der Waals surface area contributed by atoms with Crippen molar-refractivity contribution in [2.45, 2.75) is 79.7 Å². The summed E-state index contributed by atoms with van der Waals surface area (Å²) in [6.07, 6.45) is 5.24. The summed E-state index contributed by atoms with van der Waals surface area (Å²) in [5.41, 5.74) is 0.701.